The zero-order valence-corrected chi connectivity index (χ0v) is 8.48. The van der Waals surface area contributed by atoms with E-state index in [1.54, 1.807) is 13.2 Å². The summed E-state index contributed by atoms with van der Waals surface area (Å²) in [6.07, 6.45) is 1.73. The monoisotopic (exact) mass is 203 g/mol. The predicted octanol–water partition coefficient (Wildman–Crippen LogP) is 0.245. The zero-order valence-electron chi connectivity index (χ0n) is 7.66. The highest BCUT2D eigenvalue weighted by Gasteiger charge is 2.14. The molecular weight excluding hydrogens is 190 g/mol. The van der Waals surface area contributed by atoms with E-state index >= 15 is 0 Å². The molecule has 0 atom stereocenters. The minimum atomic E-state index is -0.449. The molecule has 0 aliphatic carbocycles. The summed E-state index contributed by atoms with van der Waals surface area (Å²) in [4.78, 5) is 15.1. The van der Waals surface area contributed by atoms with Crippen molar-refractivity contribution < 1.29 is 9.53 Å². The summed E-state index contributed by atoms with van der Waals surface area (Å²) in [5.74, 6) is 4.91. The molecule has 3 N–H and O–H groups in total. The zero-order chi connectivity index (χ0) is 10.3. The molecule has 0 radical (unpaired) electrons. The molecule has 0 heterocycles. The van der Waals surface area contributed by atoms with Crippen LogP contribution in [-0.4, -0.2) is 25.5 Å². The number of carbonyl (C=O) groups excluding carboxylic acids is 1. The van der Waals surface area contributed by atoms with Gasteiger partial charge in [0, 0.05) is 0 Å². The lowest BCUT2D eigenvalue weighted by atomic mass is 10.5. The molecule has 5 nitrogen and oxygen atoms in total. The molecular formula is C7H13N3O2S. The first kappa shape index (κ1) is 12.0. The second-order valence-corrected chi connectivity index (χ2v) is 2.72. The molecule has 74 valence electrons. The van der Waals surface area contributed by atoms with Crippen molar-refractivity contribution in [1.82, 2.24) is 5.43 Å². The van der Waals surface area contributed by atoms with Gasteiger partial charge in [-0.15, -0.1) is 11.8 Å². The number of nitrogens with two attached hydrogens (primary N) is 1. The highest BCUT2D eigenvalue weighted by molar-refractivity contribution is 8.03. The fourth-order valence-corrected chi connectivity index (χ4v) is 1.20. The number of aliphatic imine (C=N–C) groups is 1. The Bertz CT molecular complexity index is 228. The highest BCUT2D eigenvalue weighted by Crippen LogP contribution is 2.17. The molecule has 0 aromatic heterocycles. The van der Waals surface area contributed by atoms with Crippen LogP contribution in [0.25, 0.3) is 0 Å². The molecule has 0 bridgehead atoms. The Balaban J connectivity index is 4.73. The maximum Gasteiger partial charge on any atom is 0.348 e. The third kappa shape index (κ3) is 3.47. The van der Waals surface area contributed by atoms with Gasteiger partial charge in [-0.3, -0.25) is 0 Å². The van der Waals surface area contributed by atoms with Crippen LogP contribution in [-0.2, 0) is 9.53 Å². The number of nitrogens with zero attached hydrogens (tertiary/aromatic N) is 1. The van der Waals surface area contributed by atoms with Crippen molar-refractivity contribution in [3.8, 4) is 0 Å². The van der Waals surface area contributed by atoms with Gasteiger partial charge in [0.15, 0.2) is 5.82 Å². The van der Waals surface area contributed by atoms with Gasteiger partial charge in [-0.25, -0.2) is 15.6 Å². The number of rotatable bonds is 5. The van der Waals surface area contributed by atoms with E-state index < -0.39 is 5.97 Å². The van der Waals surface area contributed by atoms with Crippen LogP contribution in [0, 0.1) is 0 Å². The first-order valence-electron chi connectivity index (χ1n) is 3.59. The SMILES string of the molecule is C=N/C(NN)=C(\SC)C(=O)OCC. The summed E-state index contributed by atoms with van der Waals surface area (Å²) in [6, 6.07) is 0. The van der Waals surface area contributed by atoms with Crippen LogP contribution in [0.1, 0.15) is 6.92 Å². The lowest BCUT2D eigenvalue weighted by Crippen LogP contribution is -2.23. The molecule has 0 saturated heterocycles. The van der Waals surface area contributed by atoms with Crippen molar-refractivity contribution in [3.63, 3.8) is 0 Å². The normalized spacial score (nSPS) is 11.6. The average Bonchev–Trinajstić information content (AvgIpc) is 2.14. The van der Waals surface area contributed by atoms with Crippen LogP contribution in [0.5, 0.6) is 0 Å². The average molecular weight is 203 g/mol. The van der Waals surface area contributed by atoms with Crippen LogP contribution in [0.15, 0.2) is 15.7 Å². The van der Waals surface area contributed by atoms with Crippen molar-refractivity contribution in [2.75, 3.05) is 12.9 Å². The first-order valence-corrected chi connectivity index (χ1v) is 4.82. The lowest BCUT2D eigenvalue weighted by Gasteiger charge is -2.07. The summed E-state index contributed by atoms with van der Waals surface area (Å²) < 4.78 is 4.78. The predicted molar refractivity (Wildman–Crippen MR) is 54.0 cm³/mol. The van der Waals surface area contributed by atoms with E-state index in [4.69, 9.17) is 10.6 Å². The van der Waals surface area contributed by atoms with Crippen LogP contribution in [0.3, 0.4) is 0 Å². The van der Waals surface area contributed by atoms with Crippen molar-refractivity contribution in [2.45, 2.75) is 6.92 Å². The largest absolute Gasteiger partial charge is 0.462 e. The lowest BCUT2D eigenvalue weighted by molar-refractivity contribution is -0.137. The Morgan fingerprint density at radius 1 is 1.77 bits per heavy atom. The van der Waals surface area contributed by atoms with E-state index in [1.165, 1.54) is 11.8 Å². The maximum absolute atomic E-state index is 11.2. The molecule has 0 rings (SSSR count). The molecule has 0 aliphatic rings. The molecule has 13 heavy (non-hydrogen) atoms. The van der Waals surface area contributed by atoms with E-state index in [0.717, 1.165) is 0 Å². The van der Waals surface area contributed by atoms with Crippen molar-refractivity contribution >= 4 is 24.4 Å². The quantitative estimate of drug-likeness (QED) is 0.220. The smallest absolute Gasteiger partial charge is 0.348 e. The number of hydrazine groups is 1. The summed E-state index contributed by atoms with van der Waals surface area (Å²) in [5.41, 5.74) is 2.27. The van der Waals surface area contributed by atoms with Gasteiger partial charge in [0.25, 0.3) is 0 Å². The molecule has 0 aromatic rings. The first-order chi connectivity index (χ1) is 6.21. The minimum absolute atomic E-state index is 0.228. The Morgan fingerprint density at radius 2 is 2.38 bits per heavy atom. The van der Waals surface area contributed by atoms with Gasteiger partial charge < -0.3 is 10.2 Å². The van der Waals surface area contributed by atoms with E-state index in [9.17, 15) is 4.79 Å². The van der Waals surface area contributed by atoms with Crippen molar-refractivity contribution in [2.24, 2.45) is 10.8 Å². The maximum atomic E-state index is 11.2. The molecule has 0 spiro atoms. The van der Waals surface area contributed by atoms with E-state index in [0.29, 0.717) is 11.5 Å². The molecule has 0 fully saturated rings. The fraction of sp³-hybridized carbons (Fsp3) is 0.429. The van der Waals surface area contributed by atoms with E-state index in [2.05, 4.69) is 17.1 Å². The molecule has 6 heteroatoms. The summed E-state index contributed by atoms with van der Waals surface area (Å²) in [6.45, 7) is 5.32. The Labute approximate surface area is 81.4 Å². The number of nitrogens with one attached hydrogen (secondary N) is 1. The molecule has 0 aliphatic heterocycles. The van der Waals surface area contributed by atoms with Gasteiger partial charge in [0.1, 0.15) is 4.91 Å². The highest BCUT2D eigenvalue weighted by atomic mass is 32.2. The number of thioether (sulfide) groups is 1. The van der Waals surface area contributed by atoms with Crippen molar-refractivity contribution in [1.29, 1.82) is 0 Å². The number of hydrogen-bond donors (Lipinski definition) is 2. The van der Waals surface area contributed by atoms with Gasteiger partial charge >= 0.3 is 5.97 Å². The second kappa shape index (κ2) is 6.50. The Kier molecular flexibility index (Phi) is 5.99. The van der Waals surface area contributed by atoms with Crippen molar-refractivity contribution in [3.05, 3.63) is 10.7 Å². The third-order valence-corrected chi connectivity index (χ3v) is 1.94. The van der Waals surface area contributed by atoms with Crippen LogP contribution >= 0.6 is 11.8 Å². The van der Waals surface area contributed by atoms with Gasteiger partial charge in [-0.1, -0.05) is 0 Å². The van der Waals surface area contributed by atoms with Gasteiger partial charge in [0.05, 0.1) is 6.61 Å². The Morgan fingerprint density at radius 3 is 2.69 bits per heavy atom. The van der Waals surface area contributed by atoms with Gasteiger partial charge in [-0.05, 0) is 19.9 Å². The minimum Gasteiger partial charge on any atom is -0.462 e. The number of esters is 1. The molecule has 0 aromatic carbocycles. The molecule has 0 unspecified atom stereocenters. The van der Waals surface area contributed by atoms with Crippen LogP contribution in [0.4, 0.5) is 0 Å². The number of hydrogen-bond acceptors (Lipinski definition) is 6. The topological polar surface area (TPSA) is 76.7 Å². The summed E-state index contributed by atoms with van der Waals surface area (Å²) >= 11 is 1.20. The van der Waals surface area contributed by atoms with E-state index in [-0.39, 0.29) is 5.82 Å². The standard InChI is InChI=1S/C7H13N3O2S/c1-4-12-7(11)5(13-3)6(9-2)10-8/h10H,2,4,8H2,1,3H3/b6-5+. The summed E-state index contributed by atoms with van der Waals surface area (Å²) in [5, 5.41) is 0. The summed E-state index contributed by atoms with van der Waals surface area (Å²) in [7, 11) is 0. The van der Waals surface area contributed by atoms with Crippen LogP contribution < -0.4 is 11.3 Å². The Hall–Kier alpha value is -1.01. The molecule has 0 saturated carbocycles. The van der Waals surface area contributed by atoms with Gasteiger partial charge in [0.2, 0.25) is 0 Å². The van der Waals surface area contributed by atoms with Crippen LogP contribution in [0.2, 0.25) is 0 Å². The molecule has 0 amide bonds. The van der Waals surface area contributed by atoms with E-state index in [1.807, 2.05) is 0 Å². The number of ether oxygens (including phenoxy) is 1. The number of carbonyl (C=O) groups is 1. The third-order valence-electron chi connectivity index (χ3n) is 1.17. The fourth-order valence-electron chi connectivity index (χ4n) is 0.656. The second-order valence-electron chi connectivity index (χ2n) is 1.90. The van der Waals surface area contributed by atoms with Gasteiger partial charge in [-0.2, -0.15) is 0 Å².